The van der Waals surface area contributed by atoms with Crippen LogP contribution >= 0.6 is 0 Å². The highest BCUT2D eigenvalue weighted by atomic mass is 19.1. The van der Waals surface area contributed by atoms with Gasteiger partial charge in [0.15, 0.2) is 17.5 Å². The first-order chi connectivity index (χ1) is 15.5. The lowest BCUT2D eigenvalue weighted by atomic mass is 9.98. The van der Waals surface area contributed by atoms with E-state index in [-0.39, 0.29) is 11.7 Å². The zero-order chi connectivity index (χ0) is 22.9. The number of rotatable bonds is 8. The van der Waals surface area contributed by atoms with Crippen molar-refractivity contribution in [3.8, 4) is 11.5 Å². The van der Waals surface area contributed by atoms with Gasteiger partial charge in [-0.05, 0) is 53.8 Å². The third kappa shape index (κ3) is 6.12. The van der Waals surface area contributed by atoms with E-state index in [0.717, 1.165) is 23.3 Å². The maximum atomic E-state index is 13.3. The summed E-state index contributed by atoms with van der Waals surface area (Å²) in [6, 6.07) is 10.4. The van der Waals surface area contributed by atoms with Crippen LogP contribution in [0.25, 0.3) is 0 Å². The van der Waals surface area contributed by atoms with Crippen LogP contribution in [-0.4, -0.2) is 51.1 Å². The van der Waals surface area contributed by atoms with E-state index in [1.807, 2.05) is 23.1 Å². The van der Waals surface area contributed by atoms with Crippen LogP contribution in [-0.2, 0) is 24.3 Å². The number of benzene rings is 2. The molecule has 32 heavy (non-hydrogen) atoms. The van der Waals surface area contributed by atoms with Crippen molar-refractivity contribution in [2.24, 2.45) is 4.99 Å². The highest BCUT2D eigenvalue weighted by Gasteiger charge is 2.22. The Balaban J connectivity index is 1.43. The summed E-state index contributed by atoms with van der Waals surface area (Å²) < 4.78 is 24.0. The number of ether oxygens (including phenoxy) is 2. The summed E-state index contributed by atoms with van der Waals surface area (Å²) in [5, 5.41) is 6.35. The Morgan fingerprint density at radius 1 is 1.12 bits per heavy atom. The fourth-order valence-electron chi connectivity index (χ4n) is 3.75. The second kappa shape index (κ2) is 11.4. The van der Waals surface area contributed by atoms with Gasteiger partial charge < -0.3 is 25.0 Å². The predicted molar refractivity (Wildman–Crippen MR) is 123 cm³/mol. The SMILES string of the molecule is CN=C(NCCCC(=O)N1CCc2cc(OC)c(OC)cc2C1)NCc1cccc(F)c1. The third-order valence-corrected chi connectivity index (χ3v) is 5.50. The summed E-state index contributed by atoms with van der Waals surface area (Å²) in [7, 11) is 4.92. The highest BCUT2D eigenvalue weighted by Crippen LogP contribution is 2.33. The molecule has 0 aliphatic carbocycles. The Morgan fingerprint density at radius 2 is 1.88 bits per heavy atom. The molecule has 0 spiro atoms. The number of hydrogen-bond donors (Lipinski definition) is 2. The van der Waals surface area contributed by atoms with Gasteiger partial charge in [0.1, 0.15) is 5.82 Å². The molecule has 0 bridgehead atoms. The number of nitrogens with zero attached hydrogens (tertiary/aromatic N) is 2. The molecular weight excluding hydrogens is 411 g/mol. The number of hydrogen-bond acceptors (Lipinski definition) is 4. The molecule has 0 atom stereocenters. The van der Waals surface area contributed by atoms with Gasteiger partial charge in [-0.2, -0.15) is 0 Å². The first-order valence-electron chi connectivity index (χ1n) is 10.7. The number of fused-ring (bicyclic) bond motifs is 1. The average Bonchev–Trinajstić information content (AvgIpc) is 2.82. The second-order valence-electron chi connectivity index (χ2n) is 7.63. The molecule has 1 aliphatic rings. The van der Waals surface area contributed by atoms with E-state index < -0.39 is 0 Å². The summed E-state index contributed by atoms with van der Waals surface area (Å²) in [5.41, 5.74) is 3.13. The Morgan fingerprint density at radius 3 is 2.56 bits per heavy atom. The van der Waals surface area contributed by atoms with Crippen LogP contribution in [0.5, 0.6) is 11.5 Å². The van der Waals surface area contributed by atoms with Crippen LogP contribution in [0.15, 0.2) is 41.4 Å². The Bertz CT molecular complexity index is 964. The number of guanidine groups is 1. The number of amides is 1. The smallest absolute Gasteiger partial charge is 0.222 e. The predicted octanol–water partition coefficient (Wildman–Crippen LogP) is 2.87. The molecular formula is C24H31FN4O3. The molecule has 0 aromatic heterocycles. The third-order valence-electron chi connectivity index (χ3n) is 5.50. The van der Waals surface area contributed by atoms with Crippen LogP contribution in [0.3, 0.4) is 0 Å². The first kappa shape index (κ1) is 23.4. The molecule has 2 aromatic carbocycles. The van der Waals surface area contributed by atoms with Gasteiger partial charge in [0.05, 0.1) is 14.2 Å². The quantitative estimate of drug-likeness (QED) is 0.374. The maximum absolute atomic E-state index is 13.3. The van der Waals surface area contributed by atoms with Crippen molar-refractivity contribution in [1.29, 1.82) is 0 Å². The van der Waals surface area contributed by atoms with E-state index in [9.17, 15) is 9.18 Å². The molecule has 7 nitrogen and oxygen atoms in total. The van der Waals surface area contributed by atoms with Crippen molar-refractivity contribution in [1.82, 2.24) is 15.5 Å². The summed E-state index contributed by atoms with van der Waals surface area (Å²) in [6.45, 7) is 2.37. The largest absolute Gasteiger partial charge is 0.493 e. The van der Waals surface area contributed by atoms with Crippen molar-refractivity contribution in [2.45, 2.75) is 32.4 Å². The maximum Gasteiger partial charge on any atom is 0.222 e. The van der Waals surface area contributed by atoms with Crippen LogP contribution in [0.1, 0.15) is 29.5 Å². The molecule has 2 aromatic rings. The van der Waals surface area contributed by atoms with E-state index in [1.54, 1.807) is 27.3 Å². The topological polar surface area (TPSA) is 75.2 Å². The van der Waals surface area contributed by atoms with Crippen LogP contribution in [0.4, 0.5) is 4.39 Å². The lowest BCUT2D eigenvalue weighted by Crippen LogP contribution is -2.38. The van der Waals surface area contributed by atoms with Crippen molar-refractivity contribution in [2.75, 3.05) is 34.4 Å². The lowest BCUT2D eigenvalue weighted by Gasteiger charge is -2.29. The molecule has 1 amide bonds. The fraction of sp³-hybridized carbons (Fsp3) is 0.417. The van der Waals surface area contributed by atoms with Crippen LogP contribution in [0.2, 0.25) is 0 Å². The molecule has 0 fully saturated rings. The zero-order valence-corrected chi connectivity index (χ0v) is 18.9. The van der Waals surface area contributed by atoms with Gasteiger partial charge in [-0.25, -0.2) is 4.39 Å². The fourth-order valence-corrected chi connectivity index (χ4v) is 3.75. The second-order valence-corrected chi connectivity index (χ2v) is 7.63. The minimum atomic E-state index is -0.260. The standard InChI is InChI=1S/C24H31FN4O3/c1-26-24(28-15-17-6-4-7-20(25)12-17)27-10-5-8-23(30)29-11-9-18-13-21(31-2)22(32-3)14-19(18)16-29/h4,6-7,12-14H,5,8-11,15-16H2,1-3H3,(H2,26,27,28). The zero-order valence-electron chi connectivity index (χ0n) is 18.9. The number of halogens is 1. The first-order valence-corrected chi connectivity index (χ1v) is 10.7. The van der Waals surface area contributed by atoms with Crippen LogP contribution < -0.4 is 20.1 Å². The van der Waals surface area contributed by atoms with Crippen molar-refractivity contribution in [3.63, 3.8) is 0 Å². The number of aliphatic imine (C=N–C) groups is 1. The molecule has 1 aliphatic heterocycles. The minimum absolute atomic E-state index is 0.134. The summed E-state index contributed by atoms with van der Waals surface area (Å²) >= 11 is 0. The number of carbonyl (C=O) groups excluding carboxylic acids is 1. The molecule has 172 valence electrons. The van der Waals surface area contributed by atoms with Gasteiger partial charge in [0.2, 0.25) is 5.91 Å². The molecule has 3 rings (SSSR count). The molecule has 1 heterocycles. The molecule has 0 saturated heterocycles. The van der Waals surface area contributed by atoms with E-state index in [4.69, 9.17) is 9.47 Å². The lowest BCUT2D eigenvalue weighted by molar-refractivity contribution is -0.132. The summed E-state index contributed by atoms with van der Waals surface area (Å²) in [5.74, 6) is 1.90. The van der Waals surface area contributed by atoms with Gasteiger partial charge >= 0.3 is 0 Å². The number of methoxy groups -OCH3 is 2. The molecule has 0 saturated carbocycles. The van der Waals surface area contributed by atoms with Gasteiger partial charge in [-0.15, -0.1) is 0 Å². The van der Waals surface area contributed by atoms with E-state index in [0.29, 0.717) is 50.7 Å². The molecule has 0 radical (unpaired) electrons. The molecule has 8 heteroatoms. The van der Waals surface area contributed by atoms with E-state index >= 15 is 0 Å². The monoisotopic (exact) mass is 442 g/mol. The van der Waals surface area contributed by atoms with Gasteiger partial charge in [-0.3, -0.25) is 9.79 Å². The Hall–Kier alpha value is -3.29. The minimum Gasteiger partial charge on any atom is -0.493 e. The number of carbonyl (C=O) groups is 1. The average molecular weight is 443 g/mol. The van der Waals surface area contributed by atoms with Crippen molar-refractivity contribution >= 4 is 11.9 Å². The summed E-state index contributed by atoms with van der Waals surface area (Å²) in [6.07, 6.45) is 1.95. The Kier molecular flexibility index (Phi) is 8.30. The molecule has 0 unspecified atom stereocenters. The number of nitrogens with one attached hydrogen (secondary N) is 2. The summed E-state index contributed by atoms with van der Waals surface area (Å²) in [4.78, 5) is 18.8. The van der Waals surface area contributed by atoms with Gasteiger partial charge in [-0.1, -0.05) is 12.1 Å². The van der Waals surface area contributed by atoms with E-state index in [2.05, 4.69) is 15.6 Å². The van der Waals surface area contributed by atoms with Gasteiger partial charge in [0.25, 0.3) is 0 Å². The van der Waals surface area contributed by atoms with Crippen molar-refractivity contribution < 1.29 is 18.7 Å². The van der Waals surface area contributed by atoms with Crippen LogP contribution in [0, 0.1) is 5.82 Å². The van der Waals surface area contributed by atoms with E-state index in [1.165, 1.54) is 17.7 Å². The highest BCUT2D eigenvalue weighted by molar-refractivity contribution is 5.80. The van der Waals surface area contributed by atoms with Gasteiger partial charge in [0, 0.05) is 39.6 Å². The normalized spacial score (nSPS) is 13.4. The molecule has 2 N–H and O–H groups in total. The Labute approximate surface area is 188 Å². The van der Waals surface area contributed by atoms with Crippen molar-refractivity contribution in [3.05, 3.63) is 58.9 Å².